The predicted octanol–water partition coefficient (Wildman–Crippen LogP) is -0.337. The topological polar surface area (TPSA) is 78.8 Å². The Morgan fingerprint density at radius 2 is 2.20 bits per heavy atom. The Bertz CT molecular complexity index is 182. The molecule has 3 N–H and O–H groups in total. The Labute approximate surface area is 90.4 Å². The van der Waals surface area contributed by atoms with Crippen LogP contribution in [0.3, 0.4) is 0 Å². The second-order valence-corrected chi connectivity index (χ2v) is 3.73. The van der Waals surface area contributed by atoms with Crippen LogP contribution in [0.4, 0.5) is 0 Å². The molecule has 5 nitrogen and oxygen atoms in total. The molecule has 0 aliphatic heterocycles. The number of nitrogens with one attached hydrogen (secondary N) is 1. The largest absolute Gasteiger partial charge is 0.393 e. The summed E-state index contributed by atoms with van der Waals surface area (Å²) in [4.78, 5) is 11.2. The van der Waals surface area contributed by atoms with E-state index in [1.54, 1.807) is 0 Å². The van der Waals surface area contributed by atoms with Crippen molar-refractivity contribution in [3.05, 3.63) is 0 Å². The first-order valence-corrected chi connectivity index (χ1v) is 5.19. The van der Waals surface area contributed by atoms with Gasteiger partial charge in [0.15, 0.2) is 0 Å². The number of aliphatic hydroxyl groups excluding tert-OH is 1. The maximum Gasteiger partial charge on any atom is 0.220 e. The molecule has 0 aromatic heterocycles. The molecule has 90 valence electrons. The third kappa shape index (κ3) is 8.35. The van der Waals surface area contributed by atoms with Crippen LogP contribution in [0.1, 0.15) is 26.7 Å². The number of carbonyl (C=O) groups excluding carboxylic acids is 1. The molecule has 15 heavy (non-hydrogen) atoms. The van der Waals surface area contributed by atoms with Crippen molar-refractivity contribution in [2.75, 3.05) is 26.4 Å². The van der Waals surface area contributed by atoms with Gasteiger partial charge in [0.2, 0.25) is 5.91 Å². The highest BCUT2D eigenvalue weighted by Crippen LogP contribution is 1.99. The van der Waals surface area contributed by atoms with Crippen LogP contribution in [0.25, 0.3) is 0 Å². The first-order valence-electron chi connectivity index (χ1n) is 5.19. The number of aliphatic hydroxyl groups is 2. The van der Waals surface area contributed by atoms with Crippen molar-refractivity contribution in [1.29, 1.82) is 0 Å². The van der Waals surface area contributed by atoms with E-state index in [0.29, 0.717) is 26.1 Å². The molecule has 0 fully saturated rings. The minimum atomic E-state index is -1.24. The van der Waals surface area contributed by atoms with Crippen LogP contribution in [0.15, 0.2) is 0 Å². The van der Waals surface area contributed by atoms with Gasteiger partial charge >= 0.3 is 0 Å². The van der Waals surface area contributed by atoms with E-state index in [2.05, 4.69) is 5.32 Å². The number of amides is 1. The van der Waals surface area contributed by atoms with E-state index in [1.807, 2.05) is 6.92 Å². The number of carbonyl (C=O) groups is 1. The summed E-state index contributed by atoms with van der Waals surface area (Å²) in [7, 11) is 0. The molecule has 0 aliphatic rings. The van der Waals surface area contributed by atoms with Gasteiger partial charge in [0.1, 0.15) is 5.60 Å². The zero-order chi connectivity index (χ0) is 11.7. The van der Waals surface area contributed by atoms with Crippen molar-refractivity contribution < 1.29 is 19.7 Å². The van der Waals surface area contributed by atoms with Gasteiger partial charge in [0, 0.05) is 26.2 Å². The van der Waals surface area contributed by atoms with Crippen molar-refractivity contribution >= 4 is 5.91 Å². The van der Waals surface area contributed by atoms with Gasteiger partial charge in [-0.1, -0.05) is 0 Å². The van der Waals surface area contributed by atoms with Gasteiger partial charge in [-0.2, -0.15) is 0 Å². The molecule has 5 heteroatoms. The van der Waals surface area contributed by atoms with E-state index in [0.717, 1.165) is 0 Å². The van der Waals surface area contributed by atoms with Crippen LogP contribution >= 0.6 is 0 Å². The fourth-order valence-corrected chi connectivity index (χ4v) is 0.912. The highest BCUT2D eigenvalue weighted by molar-refractivity contribution is 5.75. The number of ether oxygens (including phenoxy) is 1. The van der Waals surface area contributed by atoms with E-state index >= 15 is 0 Å². The zero-order valence-electron chi connectivity index (χ0n) is 9.45. The normalized spacial score (nSPS) is 14.7. The second kappa shape index (κ2) is 7.62. The fraction of sp³-hybridized carbons (Fsp3) is 0.900. The third-order valence-corrected chi connectivity index (χ3v) is 1.90. The molecule has 0 bridgehead atoms. The number of rotatable bonds is 8. The van der Waals surface area contributed by atoms with Gasteiger partial charge in [-0.25, -0.2) is 0 Å². The standard InChI is InChI=1S/C10H21NO4/c1-3-15-6-4-5-9(13)11-7-10(2,14)8-12/h12,14H,3-8H2,1-2H3,(H,11,13). The molecule has 0 aliphatic carbocycles. The SMILES string of the molecule is CCOCCCC(=O)NCC(C)(O)CO. The van der Waals surface area contributed by atoms with E-state index in [4.69, 9.17) is 9.84 Å². The summed E-state index contributed by atoms with van der Waals surface area (Å²) in [5.74, 6) is -0.136. The van der Waals surface area contributed by atoms with E-state index < -0.39 is 5.60 Å². The molecule has 0 rings (SSSR count). The van der Waals surface area contributed by atoms with Crippen molar-refractivity contribution in [3.8, 4) is 0 Å². The predicted molar refractivity (Wildman–Crippen MR) is 56.4 cm³/mol. The zero-order valence-corrected chi connectivity index (χ0v) is 9.45. The maximum atomic E-state index is 11.2. The van der Waals surface area contributed by atoms with Gasteiger partial charge in [-0.05, 0) is 20.3 Å². The minimum Gasteiger partial charge on any atom is -0.393 e. The Morgan fingerprint density at radius 3 is 2.73 bits per heavy atom. The number of hydrogen-bond donors (Lipinski definition) is 3. The van der Waals surface area contributed by atoms with Gasteiger partial charge in [0.05, 0.1) is 6.61 Å². The molecule has 0 spiro atoms. The molecule has 0 heterocycles. The van der Waals surface area contributed by atoms with Gasteiger partial charge in [-0.3, -0.25) is 4.79 Å². The summed E-state index contributed by atoms with van der Waals surface area (Å²) in [6.45, 7) is 4.29. The van der Waals surface area contributed by atoms with Gasteiger partial charge in [-0.15, -0.1) is 0 Å². The lowest BCUT2D eigenvalue weighted by molar-refractivity contribution is -0.122. The molecule has 0 aromatic carbocycles. The van der Waals surface area contributed by atoms with Gasteiger partial charge < -0.3 is 20.3 Å². The molecule has 1 amide bonds. The van der Waals surface area contributed by atoms with Crippen molar-refractivity contribution in [3.63, 3.8) is 0 Å². The lowest BCUT2D eigenvalue weighted by atomic mass is 10.1. The quantitative estimate of drug-likeness (QED) is 0.488. The summed E-state index contributed by atoms with van der Waals surface area (Å²) < 4.78 is 5.08. The van der Waals surface area contributed by atoms with Crippen LogP contribution in [-0.2, 0) is 9.53 Å². The van der Waals surface area contributed by atoms with Crippen LogP contribution in [-0.4, -0.2) is 48.1 Å². The number of hydrogen-bond acceptors (Lipinski definition) is 4. The Kier molecular flexibility index (Phi) is 7.29. The van der Waals surface area contributed by atoms with Crippen molar-refractivity contribution in [2.45, 2.75) is 32.3 Å². The summed E-state index contributed by atoms with van der Waals surface area (Å²) >= 11 is 0. The second-order valence-electron chi connectivity index (χ2n) is 3.73. The average Bonchev–Trinajstić information content (AvgIpc) is 2.22. The smallest absolute Gasteiger partial charge is 0.220 e. The summed E-state index contributed by atoms with van der Waals surface area (Å²) in [5, 5.41) is 20.7. The van der Waals surface area contributed by atoms with E-state index in [9.17, 15) is 9.90 Å². The first-order chi connectivity index (χ1) is 7.02. The van der Waals surface area contributed by atoms with Crippen LogP contribution in [0.5, 0.6) is 0 Å². The first kappa shape index (κ1) is 14.3. The average molecular weight is 219 g/mol. The summed E-state index contributed by atoms with van der Waals surface area (Å²) in [6, 6.07) is 0. The molecule has 1 unspecified atom stereocenters. The third-order valence-electron chi connectivity index (χ3n) is 1.90. The van der Waals surface area contributed by atoms with Crippen molar-refractivity contribution in [2.24, 2.45) is 0 Å². The lowest BCUT2D eigenvalue weighted by Gasteiger charge is -2.20. The fourth-order valence-electron chi connectivity index (χ4n) is 0.912. The van der Waals surface area contributed by atoms with Crippen molar-refractivity contribution in [1.82, 2.24) is 5.32 Å². The Balaban J connectivity index is 3.49. The Morgan fingerprint density at radius 1 is 1.53 bits per heavy atom. The highest BCUT2D eigenvalue weighted by atomic mass is 16.5. The molecule has 0 radical (unpaired) electrons. The van der Waals surface area contributed by atoms with Crippen LogP contribution < -0.4 is 5.32 Å². The lowest BCUT2D eigenvalue weighted by Crippen LogP contribution is -2.43. The maximum absolute atomic E-state index is 11.2. The highest BCUT2D eigenvalue weighted by Gasteiger charge is 2.19. The molecule has 0 saturated carbocycles. The molecular weight excluding hydrogens is 198 g/mol. The van der Waals surface area contributed by atoms with Crippen LogP contribution in [0, 0.1) is 0 Å². The van der Waals surface area contributed by atoms with Gasteiger partial charge in [0.25, 0.3) is 0 Å². The summed E-state index contributed by atoms with van der Waals surface area (Å²) in [6.07, 6.45) is 1.04. The Hall–Kier alpha value is -0.650. The van der Waals surface area contributed by atoms with E-state index in [1.165, 1.54) is 6.92 Å². The molecular formula is C10H21NO4. The van der Waals surface area contributed by atoms with Crippen LogP contribution in [0.2, 0.25) is 0 Å². The minimum absolute atomic E-state index is 0.0664. The molecule has 1 atom stereocenters. The van der Waals surface area contributed by atoms with E-state index in [-0.39, 0.29) is 19.1 Å². The summed E-state index contributed by atoms with van der Waals surface area (Å²) in [5.41, 5.74) is -1.24. The monoisotopic (exact) mass is 219 g/mol. The molecule has 0 saturated heterocycles. The molecule has 0 aromatic rings.